The number of unbranched alkanes of at least 4 members (excludes halogenated alkanes) is 24. The SMILES string of the molecule is CC/C=C\C/C=C\C/C=C\C/C=C\C/C=C\C/C=C\C/C=C\C/C=C\C/C=C\C/C=C\CCCCCCC(=O)OCC(COC(=O)CCCCCCC)OC(=O)CCCCCCCCCCCCCCCCCCC. The van der Waals surface area contributed by atoms with E-state index in [9.17, 15) is 14.4 Å². The predicted octanol–water partition coefficient (Wildman–Crippen LogP) is 21.2. The maximum absolute atomic E-state index is 12.8. The maximum Gasteiger partial charge on any atom is 0.306 e. The second-order valence-electron chi connectivity index (χ2n) is 20.2. The van der Waals surface area contributed by atoms with E-state index in [0.29, 0.717) is 19.3 Å². The summed E-state index contributed by atoms with van der Waals surface area (Å²) >= 11 is 0. The van der Waals surface area contributed by atoms with Crippen LogP contribution in [0.15, 0.2) is 122 Å². The molecule has 0 heterocycles. The molecule has 0 aliphatic rings. The van der Waals surface area contributed by atoms with Gasteiger partial charge in [-0.15, -0.1) is 0 Å². The van der Waals surface area contributed by atoms with Crippen LogP contribution >= 0.6 is 0 Å². The molecule has 1 atom stereocenters. The van der Waals surface area contributed by atoms with Crippen LogP contribution in [0, 0.1) is 0 Å². The summed E-state index contributed by atoms with van der Waals surface area (Å²) in [6.45, 7) is 6.43. The average molecular weight is 1040 g/mol. The van der Waals surface area contributed by atoms with Crippen molar-refractivity contribution in [1.29, 1.82) is 0 Å². The first kappa shape index (κ1) is 70.8. The van der Waals surface area contributed by atoms with Gasteiger partial charge in [-0.1, -0.05) is 284 Å². The summed E-state index contributed by atoms with van der Waals surface area (Å²) in [4.78, 5) is 37.8. The maximum atomic E-state index is 12.8. The highest BCUT2D eigenvalue weighted by Crippen LogP contribution is 2.16. The van der Waals surface area contributed by atoms with Crippen molar-refractivity contribution in [2.24, 2.45) is 0 Å². The molecule has 0 amide bonds. The number of rotatable bonds is 55. The molecule has 0 aromatic heterocycles. The molecule has 6 heteroatoms. The van der Waals surface area contributed by atoms with Gasteiger partial charge in [0.15, 0.2) is 6.10 Å². The molecule has 6 nitrogen and oxygen atoms in total. The second kappa shape index (κ2) is 62.4. The number of hydrogen-bond acceptors (Lipinski definition) is 6. The number of hydrogen-bond donors (Lipinski definition) is 0. The Bertz CT molecular complexity index is 1570. The van der Waals surface area contributed by atoms with Gasteiger partial charge < -0.3 is 14.2 Å². The van der Waals surface area contributed by atoms with Gasteiger partial charge in [-0.05, 0) is 96.3 Å². The van der Waals surface area contributed by atoms with Gasteiger partial charge in [0.2, 0.25) is 0 Å². The van der Waals surface area contributed by atoms with Gasteiger partial charge in [-0.25, -0.2) is 0 Å². The number of allylic oxidation sites excluding steroid dienone is 20. The van der Waals surface area contributed by atoms with Crippen molar-refractivity contribution in [3.05, 3.63) is 122 Å². The van der Waals surface area contributed by atoms with Crippen LogP contribution in [0.4, 0.5) is 0 Å². The van der Waals surface area contributed by atoms with E-state index < -0.39 is 6.10 Å². The summed E-state index contributed by atoms with van der Waals surface area (Å²) in [5.41, 5.74) is 0. The minimum atomic E-state index is -0.785. The number of carbonyl (C=O) groups is 3. The Balaban J connectivity index is 4.12. The van der Waals surface area contributed by atoms with Crippen molar-refractivity contribution in [1.82, 2.24) is 0 Å². The van der Waals surface area contributed by atoms with Gasteiger partial charge in [0.05, 0.1) is 0 Å². The highest BCUT2D eigenvalue weighted by molar-refractivity contribution is 5.71. The van der Waals surface area contributed by atoms with E-state index in [2.05, 4.69) is 142 Å². The standard InChI is InChI=1S/C69H114O6/c1-4-7-10-13-15-17-19-21-23-25-26-27-28-29-30-31-32-33-34-35-36-37-38-39-40-41-42-44-45-47-49-51-53-56-59-62-68(71)74-65-66(64-73-67(70)61-58-55-12-9-6-3)75-69(72)63-60-57-54-52-50-48-46-43-24-22-20-18-16-14-11-8-5-2/h7,10,15,17,21,23,26-27,29-30,32-33,35-36,38-39,41-42,45,47,66H,4-6,8-9,11-14,16,18-20,22,24-25,28,31,34,37,40,43-44,46,48-65H2,1-3H3/b10-7-,17-15-,23-21-,27-26-,30-29-,33-32-,36-35-,39-38-,42-41-,47-45-. The predicted molar refractivity (Wildman–Crippen MR) is 325 cm³/mol. The highest BCUT2D eigenvalue weighted by atomic mass is 16.6. The van der Waals surface area contributed by atoms with E-state index in [4.69, 9.17) is 14.2 Å². The molecule has 0 fully saturated rings. The molecule has 0 radical (unpaired) electrons. The van der Waals surface area contributed by atoms with Crippen molar-refractivity contribution in [2.45, 2.75) is 284 Å². The third kappa shape index (κ3) is 60.6. The van der Waals surface area contributed by atoms with E-state index in [1.54, 1.807) is 0 Å². The van der Waals surface area contributed by atoms with Gasteiger partial charge in [0, 0.05) is 19.3 Å². The summed E-state index contributed by atoms with van der Waals surface area (Å²) in [6, 6.07) is 0. The topological polar surface area (TPSA) is 78.9 Å². The van der Waals surface area contributed by atoms with Crippen LogP contribution in [-0.4, -0.2) is 37.2 Å². The summed E-state index contributed by atoms with van der Waals surface area (Å²) in [5, 5.41) is 0. The van der Waals surface area contributed by atoms with E-state index in [0.717, 1.165) is 141 Å². The monoisotopic (exact) mass is 1040 g/mol. The van der Waals surface area contributed by atoms with Crippen molar-refractivity contribution >= 4 is 17.9 Å². The van der Waals surface area contributed by atoms with Gasteiger partial charge in [0.1, 0.15) is 13.2 Å². The molecule has 0 bridgehead atoms. The van der Waals surface area contributed by atoms with Crippen LogP contribution in [0.1, 0.15) is 278 Å². The number of ether oxygens (including phenoxy) is 3. The van der Waals surface area contributed by atoms with E-state index in [-0.39, 0.29) is 31.1 Å². The van der Waals surface area contributed by atoms with Crippen molar-refractivity contribution in [3.63, 3.8) is 0 Å². The van der Waals surface area contributed by atoms with Crippen molar-refractivity contribution < 1.29 is 28.6 Å². The Morgan fingerprint density at radius 2 is 0.520 bits per heavy atom. The molecule has 1 unspecified atom stereocenters. The Hall–Kier alpha value is -4.19. The highest BCUT2D eigenvalue weighted by Gasteiger charge is 2.19. The Morgan fingerprint density at radius 3 is 0.813 bits per heavy atom. The van der Waals surface area contributed by atoms with Crippen molar-refractivity contribution in [3.8, 4) is 0 Å². The van der Waals surface area contributed by atoms with Crippen molar-refractivity contribution in [2.75, 3.05) is 13.2 Å². The lowest BCUT2D eigenvalue weighted by atomic mass is 10.0. The largest absolute Gasteiger partial charge is 0.462 e. The van der Waals surface area contributed by atoms with Gasteiger partial charge in [-0.3, -0.25) is 14.4 Å². The minimum Gasteiger partial charge on any atom is -0.462 e. The van der Waals surface area contributed by atoms with Crippen LogP contribution in [-0.2, 0) is 28.6 Å². The first-order valence-electron chi connectivity index (χ1n) is 31.0. The van der Waals surface area contributed by atoms with Crippen LogP contribution in [0.2, 0.25) is 0 Å². The van der Waals surface area contributed by atoms with E-state index in [1.807, 2.05) is 0 Å². The molecule has 75 heavy (non-hydrogen) atoms. The first-order valence-corrected chi connectivity index (χ1v) is 31.0. The Kier molecular flexibility index (Phi) is 58.9. The summed E-state index contributed by atoms with van der Waals surface area (Å²) in [5.74, 6) is -0.922. The minimum absolute atomic E-state index is 0.0860. The molecule has 426 valence electrons. The molecule has 0 N–H and O–H groups in total. The molecular formula is C69H114O6. The summed E-state index contributed by atoms with van der Waals surface area (Å²) < 4.78 is 16.7. The van der Waals surface area contributed by atoms with Gasteiger partial charge in [-0.2, -0.15) is 0 Å². The third-order valence-electron chi connectivity index (χ3n) is 13.0. The average Bonchev–Trinajstić information content (AvgIpc) is 3.41. The van der Waals surface area contributed by atoms with E-state index >= 15 is 0 Å². The zero-order chi connectivity index (χ0) is 54.3. The lowest BCUT2D eigenvalue weighted by Gasteiger charge is -2.18. The van der Waals surface area contributed by atoms with Crippen LogP contribution in [0.5, 0.6) is 0 Å². The molecule has 0 spiro atoms. The van der Waals surface area contributed by atoms with Gasteiger partial charge >= 0.3 is 17.9 Å². The molecule has 0 aromatic carbocycles. The van der Waals surface area contributed by atoms with Gasteiger partial charge in [0.25, 0.3) is 0 Å². The molecule has 0 saturated heterocycles. The number of esters is 3. The fourth-order valence-electron chi connectivity index (χ4n) is 8.35. The first-order chi connectivity index (χ1) is 37.0. The second-order valence-corrected chi connectivity index (χ2v) is 20.2. The normalized spacial score (nSPS) is 12.9. The lowest BCUT2D eigenvalue weighted by Crippen LogP contribution is -2.30. The Labute approximate surface area is 462 Å². The third-order valence-corrected chi connectivity index (χ3v) is 13.0. The Morgan fingerprint density at radius 1 is 0.280 bits per heavy atom. The van der Waals surface area contributed by atoms with Crippen LogP contribution < -0.4 is 0 Å². The zero-order valence-corrected chi connectivity index (χ0v) is 48.8. The van der Waals surface area contributed by atoms with Crippen LogP contribution in [0.25, 0.3) is 0 Å². The van der Waals surface area contributed by atoms with Crippen LogP contribution in [0.3, 0.4) is 0 Å². The summed E-state index contributed by atoms with van der Waals surface area (Å²) in [6.07, 6.45) is 86.8. The molecule has 0 aromatic rings. The zero-order valence-electron chi connectivity index (χ0n) is 48.8. The molecular weight excluding hydrogens is 925 g/mol. The smallest absolute Gasteiger partial charge is 0.306 e. The molecule has 0 aliphatic carbocycles. The summed E-state index contributed by atoms with van der Waals surface area (Å²) in [7, 11) is 0. The molecule has 0 saturated carbocycles. The lowest BCUT2D eigenvalue weighted by molar-refractivity contribution is -0.167. The molecule has 0 rings (SSSR count). The fraction of sp³-hybridized carbons (Fsp3) is 0.667. The van der Waals surface area contributed by atoms with E-state index in [1.165, 1.54) is 96.3 Å². The quantitative estimate of drug-likeness (QED) is 0.0261. The molecule has 0 aliphatic heterocycles. The fourth-order valence-corrected chi connectivity index (χ4v) is 8.35. The number of carbonyl (C=O) groups excluding carboxylic acids is 3.